The summed E-state index contributed by atoms with van der Waals surface area (Å²) in [6.45, 7) is 11.0. The summed E-state index contributed by atoms with van der Waals surface area (Å²) in [7, 11) is 0. The normalized spacial score (nSPS) is 10.7. The molecule has 0 bridgehead atoms. The maximum Gasteiger partial charge on any atom is 0.373 e. The van der Waals surface area contributed by atoms with E-state index in [4.69, 9.17) is 14.6 Å². The Morgan fingerprint density at radius 2 is 1.68 bits per heavy atom. The molecule has 3 heterocycles. The number of nitriles is 1. The lowest BCUT2D eigenvalue weighted by molar-refractivity contribution is -0.191. The van der Waals surface area contributed by atoms with Crippen molar-refractivity contribution in [2.75, 3.05) is 5.32 Å². The Hall–Kier alpha value is -4.74. The van der Waals surface area contributed by atoms with Gasteiger partial charge >= 0.3 is 6.15 Å². The van der Waals surface area contributed by atoms with Gasteiger partial charge in [0.1, 0.15) is 5.69 Å². The first-order valence-electron chi connectivity index (χ1n) is 11.6. The molecule has 0 aliphatic heterocycles. The Kier molecular flexibility index (Phi) is 8.56. The number of hydrogen-bond acceptors (Lipinski definition) is 9. The molecule has 4 rings (SSSR count). The van der Waals surface area contributed by atoms with E-state index in [-0.39, 0.29) is 17.6 Å². The lowest BCUT2D eigenvalue weighted by atomic mass is 9.91. The Bertz CT molecular complexity index is 1440. The number of rotatable bonds is 6. The van der Waals surface area contributed by atoms with Gasteiger partial charge in [0.25, 0.3) is 0 Å². The van der Waals surface area contributed by atoms with Gasteiger partial charge in [0.2, 0.25) is 5.95 Å². The van der Waals surface area contributed by atoms with E-state index in [9.17, 15) is 5.26 Å². The second-order valence-corrected chi connectivity index (χ2v) is 9.60. The zero-order valence-corrected chi connectivity index (χ0v) is 21.4. The SMILES string of the molecule is CC(C)Nc1nc(-c2cccc(C#N)c2)cc(-c2cn(Cc3cccc(C(C)(C)C)n3)nn2)n1.O=C=O. The number of anilines is 1. The molecule has 10 heteroatoms. The van der Waals surface area contributed by atoms with Crippen LogP contribution in [-0.4, -0.2) is 42.1 Å². The zero-order valence-electron chi connectivity index (χ0n) is 21.4. The molecule has 0 atom stereocenters. The molecule has 0 saturated carbocycles. The standard InChI is InChI=1S/C26H28N8.CO2/c1-17(2)28-25-30-21(19-9-6-8-18(12-19)14-27)13-22(31-25)23-16-34(33-32-23)15-20-10-7-11-24(29-20)26(3,4)5;2-1-3/h6-13,16-17H,15H2,1-5H3,(H,28,30,31);. The van der Waals surface area contributed by atoms with Gasteiger partial charge in [-0.3, -0.25) is 4.98 Å². The van der Waals surface area contributed by atoms with Gasteiger partial charge in [0.15, 0.2) is 0 Å². The maximum atomic E-state index is 9.28. The molecule has 188 valence electrons. The molecule has 0 radical (unpaired) electrons. The minimum absolute atomic E-state index is 0.0242. The molecule has 1 aromatic carbocycles. The number of benzene rings is 1. The monoisotopic (exact) mass is 496 g/mol. The summed E-state index contributed by atoms with van der Waals surface area (Å²) in [6.07, 6.45) is 2.11. The van der Waals surface area contributed by atoms with E-state index in [2.05, 4.69) is 52.4 Å². The third-order valence-corrected chi connectivity index (χ3v) is 5.13. The Labute approximate surface area is 215 Å². The number of hydrogen-bond donors (Lipinski definition) is 1. The van der Waals surface area contributed by atoms with Crippen molar-refractivity contribution in [3.63, 3.8) is 0 Å². The van der Waals surface area contributed by atoms with Crippen molar-refractivity contribution in [1.29, 1.82) is 5.26 Å². The van der Waals surface area contributed by atoms with Crippen LogP contribution in [0.3, 0.4) is 0 Å². The minimum atomic E-state index is -0.0242. The third kappa shape index (κ3) is 7.37. The van der Waals surface area contributed by atoms with Gasteiger partial charge in [-0.15, -0.1) is 5.10 Å². The highest BCUT2D eigenvalue weighted by Crippen LogP contribution is 2.25. The van der Waals surface area contributed by atoms with Crippen LogP contribution in [0.1, 0.15) is 51.6 Å². The topological polar surface area (TPSA) is 139 Å². The average Bonchev–Trinajstić information content (AvgIpc) is 3.32. The van der Waals surface area contributed by atoms with Crippen molar-refractivity contribution in [3.05, 3.63) is 71.7 Å². The van der Waals surface area contributed by atoms with Crippen molar-refractivity contribution >= 4 is 12.1 Å². The van der Waals surface area contributed by atoms with Gasteiger partial charge in [0, 0.05) is 22.7 Å². The van der Waals surface area contributed by atoms with E-state index in [1.54, 1.807) is 10.7 Å². The summed E-state index contributed by atoms with van der Waals surface area (Å²) in [6, 6.07) is 17.6. The fourth-order valence-electron chi connectivity index (χ4n) is 3.44. The molecule has 0 saturated heterocycles. The quantitative estimate of drug-likeness (QED) is 0.415. The predicted octanol–water partition coefficient (Wildman–Crippen LogP) is 4.25. The summed E-state index contributed by atoms with van der Waals surface area (Å²) in [5.41, 5.74) is 5.34. The first kappa shape index (κ1) is 26.9. The van der Waals surface area contributed by atoms with Crippen LogP contribution in [0.25, 0.3) is 22.6 Å². The number of nitrogens with zero attached hydrogens (tertiary/aromatic N) is 7. The fraction of sp³-hybridized carbons (Fsp3) is 0.296. The second-order valence-electron chi connectivity index (χ2n) is 9.60. The third-order valence-electron chi connectivity index (χ3n) is 5.13. The highest BCUT2D eigenvalue weighted by atomic mass is 16.2. The van der Waals surface area contributed by atoms with E-state index >= 15 is 0 Å². The van der Waals surface area contributed by atoms with Gasteiger partial charge in [-0.2, -0.15) is 14.9 Å². The highest BCUT2D eigenvalue weighted by Gasteiger charge is 2.16. The van der Waals surface area contributed by atoms with Crippen molar-refractivity contribution in [1.82, 2.24) is 29.9 Å². The van der Waals surface area contributed by atoms with Crippen LogP contribution in [0.2, 0.25) is 0 Å². The van der Waals surface area contributed by atoms with E-state index in [0.29, 0.717) is 35.1 Å². The zero-order chi connectivity index (χ0) is 27.0. The molecule has 0 fully saturated rings. The minimum Gasteiger partial charge on any atom is -0.352 e. The van der Waals surface area contributed by atoms with Crippen LogP contribution in [-0.2, 0) is 21.5 Å². The molecule has 10 nitrogen and oxygen atoms in total. The maximum absolute atomic E-state index is 9.28. The number of aromatic nitrogens is 6. The molecule has 1 N–H and O–H groups in total. The highest BCUT2D eigenvalue weighted by molar-refractivity contribution is 5.68. The van der Waals surface area contributed by atoms with Crippen LogP contribution >= 0.6 is 0 Å². The largest absolute Gasteiger partial charge is 0.373 e. The second kappa shape index (κ2) is 11.8. The van der Waals surface area contributed by atoms with Crippen molar-refractivity contribution in [2.45, 2.75) is 52.6 Å². The molecule has 0 unspecified atom stereocenters. The molecule has 0 aliphatic carbocycles. The van der Waals surface area contributed by atoms with Gasteiger partial charge in [-0.05, 0) is 44.2 Å². The van der Waals surface area contributed by atoms with Crippen molar-refractivity contribution in [3.8, 4) is 28.7 Å². The molecular formula is C27H28N8O2. The smallest absolute Gasteiger partial charge is 0.352 e. The average molecular weight is 497 g/mol. The lowest BCUT2D eigenvalue weighted by Gasteiger charge is -2.18. The van der Waals surface area contributed by atoms with Crippen LogP contribution < -0.4 is 5.32 Å². The fourth-order valence-corrected chi connectivity index (χ4v) is 3.44. The first-order chi connectivity index (χ1) is 17.6. The Morgan fingerprint density at radius 1 is 0.973 bits per heavy atom. The summed E-state index contributed by atoms with van der Waals surface area (Å²) in [5, 5.41) is 21.2. The van der Waals surface area contributed by atoms with E-state index in [1.165, 1.54) is 0 Å². The lowest BCUT2D eigenvalue weighted by Crippen LogP contribution is -2.15. The van der Waals surface area contributed by atoms with Crippen molar-refractivity contribution in [2.24, 2.45) is 0 Å². The van der Waals surface area contributed by atoms with E-state index in [1.807, 2.05) is 62.5 Å². The van der Waals surface area contributed by atoms with Gasteiger partial charge in [-0.1, -0.05) is 44.2 Å². The molecule has 37 heavy (non-hydrogen) atoms. The first-order valence-corrected chi connectivity index (χ1v) is 11.6. The van der Waals surface area contributed by atoms with Crippen LogP contribution in [0.5, 0.6) is 0 Å². The Balaban J connectivity index is 0.00000121. The van der Waals surface area contributed by atoms with E-state index in [0.717, 1.165) is 17.0 Å². The van der Waals surface area contributed by atoms with Crippen LogP contribution in [0, 0.1) is 11.3 Å². The predicted molar refractivity (Wildman–Crippen MR) is 137 cm³/mol. The molecule has 4 aromatic rings. The summed E-state index contributed by atoms with van der Waals surface area (Å²) in [4.78, 5) is 30.4. The van der Waals surface area contributed by atoms with Gasteiger partial charge in [0.05, 0.1) is 41.5 Å². The van der Waals surface area contributed by atoms with Gasteiger partial charge in [-0.25, -0.2) is 14.6 Å². The van der Waals surface area contributed by atoms with Crippen LogP contribution in [0.15, 0.2) is 54.7 Å². The molecule has 0 amide bonds. The number of pyridine rings is 1. The molecular weight excluding hydrogens is 468 g/mol. The summed E-state index contributed by atoms with van der Waals surface area (Å²) < 4.78 is 1.76. The summed E-state index contributed by atoms with van der Waals surface area (Å²) >= 11 is 0. The molecule has 0 aliphatic rings. The summed E-state index contributed by atoms with van der Waals surface area (Å²) in [5.74, 6) is 0.499. The molecule has 3 aromatic heterocycles. The van der Waals surface area contributed by atoms with Crippen molar-refractivity contribution < 1.29 is 9.59 Å². The van der Waals surface area contributed by atoms with Crippen LogP contribution in [0.4, 0.5) is 5.95 Å². The van der Waals surface area contributed by atoms with E-state index < -0.39 is 0 Å². The number of carbonyl (C=O) groups excluding carboxylic acids is 2. The van der Waals surface area contributed by atoms with Gasteiger partial charge < -0.3 is 5.32 Å². The molecule has 0 spiro atoms. The number of nitrogens with one attached hydrogen (secondary N) is 1. The Morgan fingerprint density at radius 3 is 2.35 bits per heavy atom.